The minimum Gasteiger partial charge on any atom is -0.367 e. The first-order valence-electron chi connectivity index (χ1n) is 4.91. The molecule has 0 spiro atoms. The molecule has 0 radical (unpaired) electrons. The highest BCUT2D eigenvalue weighted by atomic mass is 16.6. The number of nitrogens with zero attached hydrogens (tertiary/aromatic N) is 3. The van der Waals surface area contributed by atoms with Crippen LogP contribution in [0.1, 0.15) is 0 Å². The van der Waals surface area contributed by atoms with Crippen LogP contribution in [0.25, 0.3) is 0 Å². The Bertz CT molecular complexity index is 526. The number of hydrazone groups is 1. The Morgan fingerprint density at radius 3 is 2.67 bits per heavy atom. The molecule has 0 amide bonds. The second-order valence-corrected chi connectivity index (χ2v) is 3.48. The molecule has 1 aliphatic heterocycles. The van der Waals surface area contributed by atoms with Gasteiger partial charge in [0.2, 0.25) is 0 Å². The molecule has 1 saturated heterocycles. The van der Waals surface area contributed by atoms with Crippen molar-refractivity contribution in [1.82, 2.24) is 0 Å². The number of nitrogens with one attached hydrogen (secondary N) is 1. The number of nitro benzene ring substituents is 2. The van der Waals surface area contributed by atoms with Gasteiger partial charge in [0.25, 0.3) is 5.69 Å². The van der Waals surface area contributed by atoms with E-state index in [2.05, 4.69) is 10.5 Å². The van der Waals surface area contributed by atoms with Gasteiger partial charge >= 0.3 is 5.69 Å². The van der Waals surface area contributed by atoms with E-state index in [0.29, 0.717) is 6.61 Å². The van der Waals surface area contributed by atoms with Crippen molar-refractivity contribution in [1.29, 1.82) is 0 Å². The minimum absolute atomic E-state index is 0.0606. The molecule has 1 fully saturated rings. The Kier molecular flexibility index (Phi) is 3.15. The lowest BCUT2D eigenvalue weighted by Crippen LogP contribution is -1.99. The number of rotatable bonds is 5. The van der Waals surface area contributed by atoms with Crippen molar-refractivity contribution in [2.24, 2.45) is 5.10 Å². The normalized spacial score (nSPS) is 17.7. The Morgan fingerprint density at radius 2 is 2.11 bits per heavy atom. The third kappa shape index (κ3) is 2.77. The van der Waals surface area contributed by atoms with E-state index in [1.54, 1.807) is 0 Å². The summed E-state index contributed by atoms with van der Waals surface area (Å²) in [5.41, 5.74) is 1.79. The van der Waals surface area contributed by atoms with E-state index >= 15 is 0 Å². The van der Waals surface area contributed by atoms with E-state index in [1.165, 1.54) is 18.3 Å². The fourth-order valence-electron chi connectivity index (χ4n) is 1.21. The van der Waals surface area contributed by atoms with Crippen molar-refractivity contribution in [3.05, 3.63) is 38.4 Å². The molecule has 0 aliphatic carbocycles. The highest BCUT2D eigenvalue weighted by Gasteiger charge is 2.21. The van der Waals surface area contributed by atoms with Crippen LogP contribution in [0.15, 0.2) is 23.3 Å². The lowest BCUT2D eigenvalue weighted by Gasteiger charge is -2.01. The Morgan fingerprint density at radius 1 is 1.39 bits per heavy atom. The standard InChI is InChI=1S/C9H8N4O5/c14-12(15)6-1-2-8(9(3-6)13(16)17)11-10-4-7-5-18-7/h1-4,7,11H,5H2/b10-4+. The first-order valence-corrected chi connectivity index (χ1v) is 4.91. The Labute approximate surface area is 100 Å². The molecule has 9 nitrogen and oxygen atoms in total. The first-order chi connectivity index (χ1) is 8.58. The van der Waals surface area contributed by atoms with Crippen LogP contribution in [0.4, 0.5) is 17.1 Å². The van der Waals surface area contributed by atoms with Crippen LogP contribution in [0.5, 0.6) is 0 Å². The van der Waals surface area contributed by atoms with E-state index in [9.17, 15) is 20.2 Å². The lowest BCUT2D eigenvalue weighted by atomic mass is 10.2. The highest BCUT2D eigenvalue weighted by Crippen LogP contribution is 2.28. The smallest absolute Gasteiger partial charge is 0.301 e. The molecular weight excluding hydrogens is 244 g/mol. The van der Waals surface area contributed by atoms with Crippen LogP contribution in [0.3, 0.4) is 0 Å². The summed E-state index contributed by atoms with van der Waals surface area (Å²) in [6.07, 6.45) is 1.40. The van der Waals surface area contributed by atoms with Crippen molar-refractivity contribution in [2.45, 2.75) is 6.10 Å². The van der Waals surface area contributed by atoms with E-state index in [-0.39, 0.29) is 17.5 Å². The van der Waals surface area contributed by atoms with Gasteiger partial charge in [-0.2, -0.15) is 5.10 Å². The monoisotopic (exact) mass is 252 g/mol. The van der Waals surface area contributed by atoms with Crippen molar-refractivity contribution in [2.75, 3.05) is 12.0 Å². The maximum Gasteiger partial charge on any atom is 0.301 e. The summed E-state index contributed by atoms with van der Waals surface area (Å²) in [4.78, 5) is 19.9. The molecule has 1 heterocycles. The van der Waals surface area contributed by atoms with Gasteiger partial charge in [0.15, 0.2) is 0 Å². The van der Waals surface area contributed by atoms with Crippen LogP contribution >= 0.6 is 0 Å². The average Bonchev–Trinajstić information content (AvgIpc) is 3.13. The molecule has 1 N–H and O–H groups in total. The van der Waals surface area contributed by atoms with Gasteiger partial charge in [-0.3, -0.25) is 25.7 Å². The van der Waals surface area contributed by atoms with Gasteiger partial charge < -0.3 is 4.74 Å². The average molecular weight is 252 g/mol. The molecule has 9 heteroatoms. The second kappa shape index (κ2) is 4.75. The molecule has 2 rings (SSSR count). The van der Waals surface area contributed by atoms with Crippen LogP contribution in [-0.2, 0) is 4.74 Å². The minimum atomic E-state index is -0.710. The van der Waals surface area contributed by atoms with E-state index in [0.717, 1.165) is 6.07 Å². The summed E-state index contributed by atoms with van der Waals surface area (Å²) in [6, 6.07) is 3.28. The van der Waals surface area contributed by atoms with Crippen molar-refractivity contribution in [3.63, 3.8) is 0 Å². The molecule has 18 heavy (non-hydrogen) atoms. The van der Waals surface area contributed by atoms with Gasteiger partial charge in [-0.1, -0.05) is 0 Å². The van der Waals surface area contributed by atoms with Gasteiger partial charge in [0.1, 0.15) is 11.8 Å². The number of nitro groups is 2. The Balaban J connectivity index is 2.21. The molecule has 94 valence electrons. The van der Waals surface area contributed by atoms with Crippen LogP contribution in [0.2, 0.25) is 0 Å². The first kappa shape index (κ1) is 11.9. The largest absolute Gasteiger partial charge is 0.367 e. The zero-order valence-electron chi connectivity index (χ0n) is 8.98. The third-order valence-corrected chi connectivity index (χ3v) is 2.17. The SMILES string of the molecule is O=[N+]([O-])c1ccc(N/N=C/C2CO2)c([N+](=O)[O-])c1. The number of benzene rings is 1. The molecular formula is C9H8N4O5. The predicted octanol–water partition coefficient (Wildman–Crippen LogP) is 1.30. The number of epoxide rings is 1. The summed E-state index contributed by atoms with van der Waals surface area (Å²) in [7, 11) is 0. The number of hydrogen-bond donors (Lipinski definition) is 1. The molecule has 1 aromatic rings. The predicted molar refractivity (Wildman–Crippen MR) is 61.6 cm³/mol. The van der Waals surface area contributed by atoms with E-state index < -0.39 is 15.5 Å². The van der Waals surface area contributed by atoms with Gasteiger partial charge in [-0.15, -0.1) is 0 Å². The van der Waals surface area contributed by atoms with Crippen molar-refractivity contribution >= 4 is 23.3 Å². The number of ether oxygens (including phenoxy) is 1. The summed E-state index contributed by atoms with van der Waals surface area (Å²) < 4.78 is 4.86. The molecule has 1 aromatic carbocycles. The van der Waals surface area contributed by atoms with Crippen LogP contribution < -0.4 is 5.43 Å². The maximum absolute atomic E-state index is 10.8. The number of non-ortho nitro benzene ring substituents is 1. The summed E-state index contributed by atoms with van der Waals surface area (Å²) in [5, 5.41) is 25.0. The van der Waals surface area contributed by atoms with Gasteiger partial charge in [-0.05, 0) is 6.07 Å². The molecule has 1 unspecified atom stereocenters. The van der Waals surface area contributed by atoms with Gasteiger partial charge in [-0.25, -0.2) is 0 Å². The van der Waals surface area contributed by atoms with Crippen molar-refractivity contribution in [3.8, 4) is 0 Å². The quantitative estimate of drug-likeness (QED) is 0.364. The molecule has 1 atom stereocenters. The van der Waals surface area contributed by atoms with E-state index in [1.807, 2.05) is 0 Å². The molecule has 0 aromatic heterocycles. The summed E-state index contributed by atoms with van der Waals surface area (Å²) in [6.45, 7) is 0.577. The zero-order chi connectivity index (χ0) is 13.1. The highest BCUT2D eigenvalue weighted by molar-refractivity contribution is 5.70. The van der Waals surface area contributed by atoms with Gasteiger partial charge in [0.05, 0.1) is 28.7 Å². The Hall–Kier alpha value is -2.55. The van der Waals surface area contributed by atoms with Crippen LogP contribution in [-0.4, -0.2) is 28.8 Å². The fourth-order valence-corrected chi connectivity index (χ4v) is 1.21. The molecule has 1 aliphatic rings. The fraction of sp³-hybridized carbons (Fsp3) is 0.222. The maximum atomic E-state index is 10.8. The third-order valence-electron chi connectivity index (χ3n) is 2.17. The summed E-state index contributed by atoms with van der Waals surface area (Å²) >= 11 is 0. The van der Waals surface area contributed by atoms with Gasteiger partial charge in [0, 0.05) is 6.07 Å². The van der Waals surface area contributed by atoms with Crippen LogP contribution in [0, 0.1) is 20.2 Å². The number of anilines is 1. The second-order valence-electron chi connectivity index (χ2n) is 3.48. The molecule has 0 saturated carbocycles. The zero-order valence-corrected chi connectivity index (χ0v) is 8.98. The van der Waals surface area contributed by atoms with E-state index in [4.69, 9.17) is 4.74 Å². The topological polar surface area (TPSA) is 123 Å². The molecule has 0 bridgehead atoms. The number of hydrogen-bond acceptors (Lipinski definition) is 7. The summed E-state index contributed by atoms with van der Waals surface area (Å²) in [5.74, 6) is 0. The lowest BCUT2D eigenvalue weighted by molar-refractivity contribution is -0.393. The van der Waals surface area contributed by atoms with Crippen molar-refractivity contribution < 1.29 is 14.6 Å².